The van der Waals surface area contributed by atoms with Crippen LogP contribution in [0.5, 0.6) is 0 Å². The minimum atomic E-state index is -0.238. The van der Waals surface area contributed by atoms with Crippen molar-refractivity contribution in [3.63, 3.8) is 0 Å². The third-order valence-corrected chi connectivity index (χ3v) is 11.8. The number of rotatable bonds is 4. The number of hydrogen-bond donors (Lipinski definition) is 2. The van der Waals surface area contributed by atoms with E-state index in [0.717, 1.165) is 19.3 Å². The van der Waals surface area contributed by atoms with Crippen LogP contribution in [0.3, 0.4) is 0 Å². The Hall–Kier alpha value is -0.600. The zero-order chi connectivity index (χ0) is 23.7. The molecule has 0 aromatic heterocycles. The molecule has 0 heterocycles. The van der Waals surface area contributed by atoms with Crippen LogP contribution in [0.4, 0.5) is 0 Å². The molecule has 7 unspecified atom stereocenters. The van der Waals surface area contributed by atoms with E-state index in [0.29, 0.717) is 17.8 Å². The second-order valence-corrected chi connectivity index (χ2v) is 13.7. The maximum absolute atomic E-state index is 11.0. The van der Waals surface area contributed by atoms with Gasteiger partial charge in [-0.2, -0.15) is 0 Å². The van der Waals surface area contributed by atoms with Gasteiger partial charge in [0.2, 0.25) is 0 Å². The van der Waals surface area contributed by atoms with Crippen molar-refractivity contribution in [2.24, 2.45) is 39.4 Å². The summed E-state index contributed by atoms with van der Waals surface area (Å²) in [6.45, 7) is 18.9. The zero-order valence-electron chi connectivity index (χ0n) is 22.2. The van der Waals surface area contributed by atoms with Gasteiger partial charge in [0.15, 0.2) is 0 Å². The number of aliphatic hydroxyl groups is 2. The standard InChI is InChI=1S/C30H50O2/c1-19(2)9-11-24(31)20(3)21-13-17-30(8)23-10-12-25-27(4,5)26(32)15-16-28(25,6)22(23)14-18-29(21,30)7/h9,20-21,24-26,31-32H,10-18H2,1-8H3/t20?,21?,24?,25?,26?,28-,29?,30?/m1/s1. The van der Waals surface area contributed by atoms with Crippen molar-refractivity contribution in [2.45, 2.75) is 125 Å². The Balaban J connectivity index is 1.67. The van der Waals surface area contributed by atoms with E-state index >= 15 is 0 Å². The summed E-state index contributed by atoms with van der Waals surface area (Å²) in [6, 6.07) is 0. The second-order valence-electron chi connectivity index (χ2n) is 13.7. The molecule has 2 heteroatoms. The molecular formula is C30H50O2. The predicted molar refractivity (Wildman–Crippen MR) is 134 cm³/mol. The molecule has 0 spiro atoms. The van der Waals surface area contributed by atoms with Gasteiger partial charge < -0.3 is 10.2 Å². The van der Waals surface area contributed by atoms with E-state index in [-0.39, 0.29) is 33.9 Å². The molecule has 0 aliphatic heterocycles. The fourth-order valence-electron chi connectivity index (χ4n) is 9.40. The Kier molecular flexibility index (Phi) is 6.11. The Morgan fingerprint density at radius 3 is 2.31 bits per heavy atom. The summed E-state index contributed by atoms with van der Waals surface area (Å²) in [5, 5.41) is 21.9. The van der Waals surface area contributed by atoms with Crippen LogP contribution in [0, 0.1) is 39.4 Å². The highest BCUT2D eigenvalue weighted by molar-refractivity contribution is 5.38. The minimum absolute atomic E-state index is 0.00888. The summed E-state index contributed by atoms with van der Waals surface area (Å²) in [4.78, 5) is 0. The molecule has 0 radical (unpaired) electrons. The normalized spacial score (nSPS) is 44.9. The lowest BCUT2D eigenvalue weighted by Crippen LogP contribution is -2.55. The van der Waals surface area contributed by atoms with Crippen LogP contribution in [-0.2, 0) is 0 Å². The topological polar surface area (TPSA) is 40.5 Å². The van der Waals surface area contributed by atoms with Gasteiger partial charge in [0.1, 0.15) is 0 Å². The van der Waals surface area contributed by atoms with Crippen molar-refractivity contribution in [1.29, 1.82) is 0 Å². The quantitative estimate of drug-likeness (QED) is 0.444. The van der Waals surface area contributed by atoms with Crippen molar-refractivity contribution < 1.29 is 10.2 Å². The first-order valence-corrected chi connectivity index (χ1v) is 13.5. The minimum Gasteiger partial charge on any atom is -0.393 e. The van der Waals surface area contributed by atoms with Gasteiger partial charge in [-0.1, -0.05) is 64.3 Å². The first-order chi connectivity index (χ1) is 14.8. The molecule has 2 N–H and O–H groups in total. The maximum atomic E-state index is 11.0. The highest BCUT2D eigenvalue weighted by Gasteiger charge is 2.63. The van der Waals surface area contributed by atoms with Gasteiger partial charge >= 0.3 is 0 Å². The average molecular weight is 443 g/mol. The molecule has 2 saturated carbocycles. The number of fused-ring (bicyclic) bond motifs is 4. The molecule has 4 aliphatic carbocycles. The average Bonchev–Trinajstić information content (AvgIpc) is 3.00. The summed E-state index contributed by atoms with van der Waals surface area (Å²) >= 11 is 0. The monoisotopic (exact) mass is 442 g/mol. The van der Waals surface area contributed by atoms with Gasteiger partial charge in [0, 0.05) is 0 Å². The molecule has 4 rings (SSSR count). The lowest BCUT2D eigenvalue weighted by atomic mass is 9.43. The molecule has 0 aromatic rings. The number of allylic oxidation sites excluding steroid dienone is 3. The first-order valence-electron chi connectivity index (χ1n) is 13.5. The molecule has 2 fully saturated rings. The molecular weight excluding hydrogens is 392 g/mol. The fourth-order valence-corrected chi connectivity index (χ4v) is 9.40. The Bertz CT molecular complexity index is 802. The van der Waals surface area contributed by atoms with E-state index in [4.69, 9.17) is 0 Å². The van der Waals surface area contributed by atoms with Gasteiger partial charge in [-0.05, 0) is 111 Å². The predicted octanol–water partition coefficient (Wildman–Crippen LogP) is 7.45. The van der Waals surface area contributed by atoms with Crippen molar-refractivity contribution in [2.75, 3.05) is 0 Å². The molecule has 32 heavy (non-hydrogen) atoms. The summed E-state index contributed by atoms with van der Waals surface area (Å²) in [5.41, 5.74) is 5.70. The van der Waals surface area contributed by atoms with Crippen LogP contribution in [0.15, 0.2) is 22.8 Å². The van der Waals surface area contributed by atoms with Gasteiger partial charge in [0.05, 0.1) is 12.2 Å². The lowest BCUT2D eigenvalue weighted by molar-refractivity contribution is -0.0969. The van der Waals surface area contributed by atoms with Crippen molar-refractivity contribution >= 4 is 0 Å². The number of hydrogen-bond acceptors (Lipinski definition) is 2. The van der Waals surface area contributed by atoms with Crippen LogP contribution in [0.1, 0.15) is 113 Å². The third kappa shape index (κ3) is 3.33. The zero-order valence-corrected chi connectivity index (χ0v) is 22.2. The molecule has 0 amide bonds. The van der Waals surface area contributed by atoms with E-state index < -0.39 is 0 Å². The van der Waals surface area contributed by atoms with Crippen molar-refractivity contribution in [1.82, 2.24) is 0 Å². The van der Waals surface area contributed by atoms with Crippen molar-refractivity contribution in [3.8, 4) is 0 Å². The number of aliphatic hydroxyl groups excluding tert-OH is 2. The van der Waals surface area contributed by atoms with Gasteiger partial charge in [-0.15, -0.1) is 0 Å². The summed E-state index contributed by atoms with van der Waals surface area (Å²) in [5.74, 6) is 1.53. The van der Waals surface area contributed by atoms with Gasteiger partial charge in [-0.25, -0.2) is 0 Å². The van der Waals surface area contributed by atoms with Crippen LogP contribution in [0.25, 0.3) is 0 Å². The van der Waals surface area contributed by atoms with E-state index in [1.54, 1.807) is 11.1 Å². The Morgan fingerprint density at radius 1 is 0.969 bits per heavy atom. The van der Waals surface area contributed by atoms with E-state index in [1.807, 2.05) is 0 Å². The molecule has 4 aliphatic rings. The van der Waals surface area contributed by atoms with Gasteiger partial charge in [-0.3, -0.25) is 0 Å². The smallest absolute Gasteiger partial charge is 0.0603 e. The van der Waals surface area contributed by atoms with Crippen LogP contribution >= 0.6 is 0 Å². The largest absolute Gasteiger partial charge is 0.393 e. The fraction of sp³-hybridized carbons (Fsp3) is 0.867. The van der Waals surface area contributed by atoms with E-state index in [1.165, 1.54) is 44.1 Å². The highest BCUT2D eigenvalue weighted by Crippen LogP contribution is 2.72. The van der Waals surface area contributed by atoms with E-state index in [9.17, 15) is 10.2 Å². The van der Waals surface area contributed by atoms with Gasteiger partial charge in [0.25, 0.3) is 0 Å². The molecule has 8 atom stereocenters. The first kappa shape index (κ1) is 24.5. The summed E-state index contributed by atoms with van der Waals surface area (Å²) in [6.07, 6.45) is 12.2. The molecule has 2 nitrogen and oxygen atoms in total. The summed E-state index contributed by atoms with van der Waals surface area (Å²) in [7, 11) is 0. The summed E-state index contributed by atoms with van der Waals surface area (Å²) < 4.78 is 0. The Morgan fingerprint density at radius 2 is 1.66 bits per heavy atom. The third-order valence-electron chi connectivity index (χ3n) is 11.8. The second kappa shape index (κ2) is 7.98. The molecule has 0 saturated heterocycles. The van der Waals surface area contributed by atoms with Crippen LogP contribution < -0.4 is 0 Å². The molecule has 0 aromatic carbocycles. The van der Waals surface area contributed by atoms with Crippen LogP contribution in [-0.4, -0.2) is 22.4 Å². The molecule has 0 bridgehead atoms. The SMILES string of the molecule is CC(C)=CCC(O)C(C)C1CCC2(C)C3=C(CCC12C)[C@@]1(C)CCC(O)C(C)(C)C1CC3. The van der Waals surface area contributed by atoms with E-state index in [2.05, 4.69) is 61.5 Å². The highest BCUT2D eigenvalue weighted by atomic mass is 16.3. The lowest BCUT2D eigenvalue weighted by Gasteiger charge is -2.62. The van der Waals surface area contributed by atoms with Crippen molar-refractivity contribution in [3.05, 3.63) is 22.8 Å². The molecule has 182 valence electrons. The Labute approximate surface area is 198 Å². The van der Waals surface area contributed by atoms with Crippen LogP contribution in [0.2, 0.25) is 0 Å². The maximum Gasteiger partial charge on any atom is 0.0603 e.